The molecule has 1 N–H and O–H groups in total. The normalized spacial score (nSPS) is 11.2. The summed E-state index contributed by atoms with van der Waals surface area (Å²) in [5, 5.41) is 3.79. The van der Waals surface area contributed by atoms with Gasteiger partial charge >= 0.3 is 0 Å². The van der Waals surface area contributed by atoms with Crippen molar-refractivity contribution in [1.29, 1.82) is 0 Å². The van der Waals surface area contributed by atoms with Gasteiger partial charge in [0.25, 0.3) is 0 Å². The van der Waals surface area contributed by atoms with Gasteiger partial charge in [-0.3, -0.25) is 4.79 Å². The van der Waals surface area contributed by atoms with E-state index in [1.807, 2.05) is 0 Å². The summed E-state index contributed by atoms with van der Waals surface area (Å²) >= 11 is 16.9. The Hall–Kier alpha value is -0.700. The average molecular weight is 251 g/mol. The number of hydrogen-bond acceptors (Lipinski definition) is 2. The van der Waals surface area contributed by atoms with E-state index in [2.05, 4.69) is 5.32 Å². The molecule has 0 aliphatic carbocycles. The lowest BCUT2D eigenvalue weighted by molar-refractivity contribution is -0.104. The van der Waals surface area contributed by atoms with E-state index in [9.17, 15) is 4.79 Å². The van der Waals surface area contributed by atoms with Gasteiger partial charge in [0.05, 0.1) is 15.1 Å². The zero-order chi connectivity index (χ0) is 10.6. The lowest BCUT2D eigenvalue weighted by Crippen LogP contribution is -1.89. The first-order valence-electron chi connectivity index (χ1n) is 3.66. The van der Waals surface area contributed by atoms with Crippen molar-refractivity contribution in [3.8, 4) is 0 Å². The molecular weight excluding hydrogens is 244 g/mol. The van der Waals surface area contributed by atoms with Crippen LogP contribution in [0, 0.1) is 0 Å². The van der Waals surface area contributed by atoms with Crippen LogP contribution in [0.1, 0.15) is 0 Å². The van der Waals surface area contributed by atoms with E-state index < -0.39 is 0 Å². The van der Waals surface area contributed by atoms with Gasteiger partial charge in [0.15, 0.2) is 6.29 Å². The van der Waals surface area contributed by atoms with Crippen LogP contribution < -0.4 is 5.32 Å². The lowest BCUT2D eigenvalue weighted by atomic mass is 10.3. The van der Waals surface area contributed by atoms with Crippen molar-refractivity contribution in [2.75, 3.05) is 5.32 Å². The Balaban J connectivity index is 2.78. The number of rotatable bonds is 3. The Kier molecular flexibility index (Phi) is 4.26. The summed E-state index contributed by atoms with van der Waals surface area (Å²) in [6.45, 7) is 0. The number of hydrogen-bond donors (Lipinski definition) is 1. The smallest absolute Gasteiger partial charge is 0.162 e. The second kappa shape index (κ2) is 5.25. The summed E-state index contributed by atoms with van der Waals surface area (Å²) < 4.78 is 0. The van der Waals surface area contributed by atoms with E-state index >= 15 is 0 Å². The van der Waals surface area contributed by atoms with Crippen molar-refractivity contribution >= 4 is 46.8 Å². The van der Waals surface area contributed by atoms with Crippen LogP contribution in [0.2, 0.25) is 10.0 Å². The molecule has 0 fully saturated rings. The molecule has 1 aromatic carbocycles. The van der Waals surface area contributed by atoms with Crippen LogP contribution in [0.5, 0.6) is 0 Å². The molecule has 0 bridgehead atoms. The molecule has 0 amide bonds. The molecule has 2 nitrogen and oxygen atoms in total. The van der Waals surface area contributed by atoms with Crippen molar-refractivity contribution < 1.29 is 4.79 Å². The van der Waals surface area contributed by atoms with E-state index in [0.717, 1.165) is 0 Å². The summed E-state index contributed by atoms with van der Waals surface area (Å²) in [6, 6.07) is 5.00. The van der Waals surface area contributed by atoms with E-state index in [0.29, 0.717) is 22.0 Å². The Morgan fingerprint density at radius 2 is 2.00 bits per heavy atom. The number of anilines is 1. The van der Waals surface area contributed by atoms with Gasteiger partial charge in [-0.05, 0) is 18.2 Å². The summed E-state index contributed by atoms with van der Waals surface area (Å²) in [5.74, 6) is 0. The van der Waals surface area contributed by atoms with Crippen molar-refractivity contribution in [2.24, 2.45) is 0 Å². The van der Waals surface area contributed by atoms with Crippen molar-refractivity contribution in [1.82, 2.24) is 0 Å². The minimum absolute atomic E-state index is 0.0797. The highest BCUT2D eigenvalue weighted by Gasteiger charge is 1.97. The highest BCUT2D eigenvalue weighted by atomic mass is 35.5. The zero-order valence-corrected chi connectivity index (χ0v) is 9.20. The number of benzene rings is 1. The number of carbonyl (C=O) groups excluding carboxylic acids is 1. The van der Waals surface area contributed by atoms with Crippen molar-refractivity contribution in [3.05, 3.63) is 39.5 Å². The molecule has 74 valence electrons. The molecule has 5 heteroatoms. The number of aldehydes is 1. The van der Waals surface area contributed by atoms with Gasteiger partial charge in [-0.2, -0.15) is 0 Å². The molecule has 0 saturated carbocycles. The van der Waals surface area contributed by atoms with Crippen LogP contribution in [0.15, 0.2) is 29.4 Å². The Bertz CT molecular complexity index is 376. The Morgan fingerprint density at radius 1 is 1.29 bits per heavy atom. The molecule has 0 aliphatic rings. The van der Waals surface area contributed by atoms with Gasteiger partial charge in [-0.15, -0.1) is 0 Å². The summed E-state index contributed by atoms with van der Waals surface area (Å²) in [5.41, 5.74) is 0.708. The van der Waals surface area contributed by atoms with Gasteiger partial charge in [0.1, 0.15) is 0 Å². The maximum absolute atomic E-state index is 10.2. The average Bonchev–Trinajstić information content (AvgIpc) is 2.19. The quantitative estimate of drug-likeness (QED) is 0.655. The first kappa shape index (κ1) is 11.4. The first-order chi connectivity index (χ1) is 6.63. The van der Waals surface area contributed by atoms with E-state index in [-0.39, 0.29) is 5.03 Å². The largest absolute Gasteiger partial charge is 0.360 e. The van der Waals surface area contributed by atoms with Gasteiger partial charge in [-0.1, -0.05) is 34.8 Å². The van der Waals surface area contributed by atoms with Crippen LogP contribution in [-0.2, 0) is 4.79 Å². The fourth-order valence-corrected chi connectivity index (χ4v) is 1.12. The molecule has 0 unspecified atom stereocenters. The van der Waals surface area contributed by atoms with Crippen LogP contribution in [0.3, 0.4) is 0 Å². The SMILES string of the molecule is O=C/C(Cl)=C\Nc1ccc(Cl)c(Cl)c1. The number of nitrogens with one attached hydrogen (secondary N) is 1. The highest BCUT2D eigenvalue weighted by Crippen LogP contribution is 2.25. The summed E-state index contributed by atoms with van der Waals surface area (Å²) in [4.78, 5) is 10.2. The number of allylic oxidation sites excluding steroid dienone is 1. The molecule has 0 radical (unpaired) electrons. The molecule has 1 aromatic rings. The van der Waals surface area contributed by atoms with Crippen LogP contribution >= 0.6 is 34.8 Å². The van der Waals surface area contributed by atoms with Crippen LogP contribution in [-0.4, -0.2) is 6.29 Å². The molecule has 0 atom stereocenters. The first-order valence-corrected chi connectivity index (χ1v) is 4.79. The topological polar surface area (TPSA) is 29.1 Å². The molecule has 14 heavy (non-hydrogen) atoms. The van der Waals surface area contributed by atoms with E-state index in [1.165, 1.54) is 6.20 Å². The van der Waals surface area contributed by atoms with Crippen LogP contribution in [0.4, 0.5) is 5.69 Å². The summed E-state index contributed by atoms with van der Waals surface area (Å²) in [6.07, 6.45) is 1.90. The second-order valence-corrected chi connectivity index (χ2v) is 3.67. The van der Waals surface area contributed by atoms with E-state index in [1.54, 1.807) is 18.2 Å². The van der Waals surface area contributed by atoms with Crippen LogP contribution in [0.25, 0.3) is 0 Å². The third kappa shape index (κ3) is 3.22. The standard InChI is InChI=1S/C9H6Cl3NO/c10-6(5-14)4-13-7-1-2-8(11)9(12)3-7/h1-5,13H/b6-4+. The van der Waals surface area contributed by atoms with E-state index in [4.69, 9.17) is 34.8 Å². The number of carbonyl (C=O) groups is 1. The monoisotopic (exact) mass is 249 g/mol. The highest BCUT2D eigenvalue weighted by molar-refractivity contribution is 6.42. The Labute approximate surface area is 96.5 Å². The second-order valence-electron chi connectivity index (χ2n) is 2.42. The molecular formula is C9H6Cl3NO. The maximum Gasteiger partial charge on any atom is 0.162 e. The van der Waals surface area contributed by atoms with Crippen molar-refractivity contribution in [2.45, 2.75) is 0 Å². The zero-order valence-electron chi connectivity index (χ0n) is 6.93. The fourth-order valence-electron chi connectivity index (χ4n) is 0.772. The molecule has 1 rings (SSSR count). The van der Waals surface area contributed by atoms with Gasteiger partial charge < -0.3 is 5.32 Å². The predicted molar refractivity (Wildman–Crippen MR) is 60.1 cm³/mol. The maximum atomic E-state index is 10.2. The third-order valence-corrected chi connectivity index (χ3v) is 2.35. The minimum atomic E-state index is 0.0797. The lowest BCUT2D eigenvalue weighted by Gasteiger charge is -2.02. The van der Waals surface area contributed by atoms with Gasteiger partial charge in [0, 0.05) is 11.9 Å². The molecule has 0 saturated heterocycles. The molecule has 0 aliphatic heterocycles. The van der Waals surface area contributed by atoms with Gasteiger partial charge in [-0.25, -0.2) is 0 Å². The van der Waals surface area contributed by atoms with Crippen molar-refractivity contribution in [3.63, 3.8) is 0 Å². The predicted octanol–water partition coefficient (Wildman–Crippen LogP) is 3.68. The number of halogens is 3. The third-order valence-electron chi connectivity index (χ3n) is 1.41. The Morgan fingerprint density at radius 3 is 2.57 bits per heavy atom. The minimum Gasteiger partial charge on any atom is -0.360 e. The summed E-state index contributed by atoms with van der Waals surface area (Å²) in [7, 11) is 0. The van der Waals surface area contributed by atoms with Gasteiger partial charge in [0.2, 0.25) is 0 Å². The molecule has 0 spiro atoms. The molecule has 0 aromatic heterocycles. The molecule has 0 heterocycles. The fraction of sp³-hybridized carbons (Fsp3) is 0.